The number of halogens is 1. The molecular formula is C34H34BrN3O5S. The van der Waals surface area contributed by atoms with Crippen molar-refractivity contribution in [2.45, 2.75) is 33.4 Å². The third-order valence-corrected chi connectivity index (χ3v) is 9.13. The van der Waals surface area contributed by atoms with Crippen LogP contribution in [-0.4, -0.2) is 42.7 Å². The van der Waals surface area contributed by atoms with Gasteiger partial charge >= 0.3 is 0 Å². The van der Waals surface area contributed by atoms with Crippen LogP contribution in [0.15, 0.2) is 92.3 Å². The van der Waals surface area contributed by atoms with Crippen LogP contribution in [0, 0.1) is 0 Å². The second kappa shape index (κ2) is 13.7. The Hall–Kier alpha value is -4.15. The molecule has 8 nitrogen and oxygen atoms in total. The van der Waals surface area contributed by atoms with E-state index < -0.39 is 6.04 Å². The lowest BCUT2D eigenvalue weighted by Gasteiger charge is -2.30. The molecule has 0 aliphatic carbocycles. The first-order valence-corrected chi connectivity index (χ1v) is 15.9. The van der Waals surface area contributed by atoms with E-state index in [0.717, 1.165) is 15.6 Å². The molecule has 4 aromatic rings. The number of methoxy groups -OCH3 is 2. The average molecular weight is 677 g/mol. The number of fused-ring (bicyclic) bond motifs is 1. The van der Waals surface area contributed by atoms with Crippen molar-refractivity contribution in [1.82, 2.24) is 9.47 Å². The highest BCUT2D eigenvalue weighted by Crippen LogP contribution is 2.38. The number of likely N-dealkylation sites (N-methyl/N-ethyl adjacent to an activating group) is 1. The van der Waals surface area contributed by atoms with Gasteiger partial charge in [-0.15, -0.1) is 0 Å². The predicted octanol–water partition coefficient (Wildman–Crippen LogP) is 5.46. The number of nitrogens with zero attached hydrogens (tertiary/aromatic N) is 3. The number of rotatable bonds is 10. The molecule has 0 N–H and O–H groups in total. The molecule has 0 spiro atoms. The molecule has 0 bridgehead atoms. The SMILES string of the molecule is CCN(CC)C(=O)C1=C(C)N=c2s/c(=C/c3ccc(OCc4ccccc4)c(Br)c3)c(=O)n2[C@H]1c1cc(OC)ccc1OC. The van der Waals surface area contributed by atoms with E-state index >= 15 is 0 Å². The molecule has 0 unspecified atom stereocenters. The van der Waals surface area contributed by atoms with E-state index in [0.29, 0.717) is 63.1 Å². The van der Waals surface area contributed by atoms with E-state index in [1.54, 1.807) is 35.8 Å². The molecule has 228 valence electrons. The van der Waals surface area contributed by atoms with Gasteiger partial charge in [0.2, 0.25) is 0 Å². The fraction of sp³-hybridized carbons (Fsp3) is 0.265. The van der Waals surface area contributed by atoms with Crippen LogP contribution in [0.2, 0.25) is 0 Å². The second-order valence-corrected chi connectivity index (χ2v) is 12.0. The summed E-state index contributed by atoms with van der Waals surface area (Å²) in [5.41, 5.74) is 3.28. The molecule has 1 atom stereocenters. The number of hydrogen-bond donors (Lipinski definition) is 0. The lowest BCUT2D eigenvalue weighted by atomic mass is 9.93. The summed E-state index contributed by atoms with van der Waals surface area (Å²) in [6.07, 6.45) is 1.83. The van der Waals surface area contributed by atoms with Crippen molar-refractivity contribution >= 4 is 39.2 Å². The topological polar surface area (TPSA) is 82.4 Å². The molecule has 44 heavy (non-hydrogen) atoms. The number of thiazole rings is 1. The van der Waals surface area contributed by atoms with E-state index in [9.17, 15) is 9.59 Å². The van der Waals surface area contributed by atoms with E-state index in [1.165, 1.54) is 11.3 Å². The number of carbonyl (C=O) groups is 1. The maximum absolute atomic E-state index is 14.2. The Balaban J connectivity index is 1.61. The van der Waals surface area contributed by atoms with Crippen LogP contribution in [0.1, 0.15) is 43.5 Å². The molecule has 1 aliphatic heterocycles. The van der Waals surface area contributed by atoms with Crippen molar-refractivity contribution in [3.05, 3.63) is 119 Å². The third-order valence-electron chi connectivity index (χ3n) is 7.53. The summed E-state index contributed by atoms with van der Waals surface area (Å²) in [6, 6.07) is 20.3. The van der Waals surface area contributed by atoms with Gasteiger partial charge < -0.3 is 19.1 Å². The lowest BCUT2D eigenvalue weighted by Crippen LogP contribution is -2.43. The van der Waals surface area contributed by atoms with Crippen molar-refractivity contribution in [2.24, 2.45) is 4.99 Å². The summed E-state index contributed by atoms with van der Waals surface area (Å²) in [7, 11) is 3.15. The van der Waals surface area contributed by atoms with Crippen LogP contribution in [0.3, 0.4) is 0 Å². The average Bonchev–Trinajstić information content (AvgIpc) is 3.34. The third kappa shape index (κ3) is 6.23. The highest BCUT2D eigenvalue weighted by Gasteiger charge is 2.36. The van der Waals surface area contributed by atoms with Crippen LogP contribution in [0.4, 0.5) is 0 Å². The largest absolute Gasteiger partial charge is 0.497 e. The summed E-state index contributed by atoms with van der Waals surface area (Å²) in [4.78, 5) is 35.1. The maximum atomic E-state index is 14.2. The van der Waals surface area contributed by atoms with Gasteiger partial charge in [-0.3, -0.25) is 14.2 Å². The van der Waals surface area contributed by atoms with Crippen LogP contribution >= 0.6 is 27.3 Å². The highest BCUT2D eigenvalue weighted by molar-refractivity contribution is 9.10. The van der Waals surface area contributed by atoms with E-state index in [2.05, 4.69) is 15.9 Å². The van der Waals surface area contributed by atoms with Gasteiger partial charge in [-0.1, -0.05) is 47.7 Å². The van der Waals surface area contributed by atoms with Crippen molar-refractivity contribution in [3.8, 4) is 17.2 Å². The minimum Gasteiger partial charge on any atom is -0.497 e. The van der Waals surface area contributed by atoms with Gasteiger partial charge in [0.1, 0.15) is 29.9 Å². The van der Waals surface area contributed by atoms with Crippen LogP contribution < -0.4 is 29.1 Å². The van der Waals surface area contributed by atoms with Gasteiger partial charge in [-0.05, 0) is 84.2 Å². The molecule has 0 radical (unpaired) electrons. The molecule has 1 amide bonds. The Morgan fingerprint density at radius 2 is 1.75 bits per heavy atom. The number of ether oxygens (including phenoxy) is 3. The monoisotopic (exact) mass is 675 g/mol. The fourth-order valence-corrected chi connectivity index (χ4v) is 6.79. The van der Waals surface area contributed by atoms with Crippen LogP contribution in [-0.2, 0) is 11.4 Å². The molecule has 5 rings (SSSR count). The number of amides is 1. The Labute approximate surface area is 268 Å². The summed E-state index contributed by atoms with van der Waals surface area (Å²) in [5.74, 6) is 1.66. The summed E-state index contributed by atoms with van der Waals surface area (Å²) < 4.78 is 20.1. The second-order valence-electron chi connectivity index (χ2n) is 10.1. The quantitative estimate of drug-likeness (QED) is 0.223. The van der Waals surface area contributed by atoms with E-state index in [-0.39, 0.29) is 11.5 Å². The van der Waals surface area contributed by atoms with E-state index in [1.807, 2.05) is 81.4 Å². The zero-order valence-corrected chi connectivity index (χ0v) is 27.7. The first kappa shape index (κ1) is 31.3. The molecule has 0 fully saturated rings. The summed E-state index contributed by atoms with van der Waals surface area (Å²) >= 11 is 4.90. The molecule has 3 aromatic carbocycles. The fourth-order valence-electron chi connectivity index (χ4n) is 5.23. The number of allylic oxidation sites excluding steroid dienone is 1. The number of carbonyl (C=O) groups excluding carboxylic acids is 1. The molecular weight excluding hydrogens is 642 g/mol. The molecule has 10 heteroatoms. The van der Waals surface area contributed by atoms with Crippen molar-refractivity contribution < 1.29 is 19.0 Å². The number of aromatic nitrogens is 1. The number of benzene rings is 3. The normalized spacial score (nSPS) is 14.6. The molecule has 0 saturated carbocycles. The highest BCUT2D eigenvalue weighted by atomic mass is 79.9. The Bertz CT molecular complexity index is 1890. The van der Waals surface area contributed by atoms with Gasteiger partial charge in [0, 0.05) is 18.7 Å². The van der Waals surface area contributed by atoms with Gasteiger partial charge in [-0.25, -0.2) is 4.99 Å². The lowest BCUT2D eigenvalue weighted by molar-refractivity contribution is -0.127. The van der Waals surface area contributed by atoms with Crippen LogP contribution in [0.5, 0.6) is 17.2 Å². The van der Waals surface area contributed by atoms with Crippen molar-refractivity contribution in [3.63, 3.8) is 0 Å². The first-order valence-electron chi connectivity index (χ1n) is 14.3. The van der Waals surface area contributed by atoms with Gasteiger partial charge in [0.05, 0.1) is 34.5 Å². The zero-order chi connectivity index (χ0) is 31.4. The minimum atomic E-state index is -0.757. The summed E-state index contributed by atoms with van der Waals surface area (Å²) in [6.45, 7) is 7.18. The minimum absolute atomic E-state index is 0.171. The van der Waals surface area contributed by atoms with Gasteiger partial charge in [0.15, 0.2) is 4.80 Å². The van der Waals surface area contributed by atoms with Crippen molar-refractivity contribution in [1.29, 1.82) is 0 Å². The number of hydrogen-bond acceptors (Lipinski definition) is 7. The van der Waals surface area contributed by atoms with E-state index in [4.69, 9.17) is 19.2 Å². The van der Waals surface area contributed by atoms with Crippen LogP contribution in [0.25, 0.3) is 6.08 Å². The molecule has 2 heterocycles. The first-order chi connectivity index (χ1) is 21.3. The molecule has 1 aliphatic rings. The summed E-state index contributed by atoms with van der Waals surface area (Å²) in [5, 5.41) is 0. The van der Waals surface area contributed by atoms with Crippen molar-refractivity contribution in [2.75, 3.05) is 27.3 Å². The predicted molar refractivity (Wildman–Crippen MR) is 176 cm³/mol. The van der Waals surface area contributed by atoms with Gasteiger partial charge in [0.25, 0.3) is 11.5 Å². The maximum Gasteiger partial charge on any atom is 0.271 e. The Kier molecular flexibility index (Phi) is 9.71. The Morgan fingerprint density at radius 3 is 2.41 bits per heavy atom. The van der Waals surface area contributed by atoms with Gasteiger partial charge in [-0.2, -0.15) is 0 Å². The molecule has 1 aromatic heterocycles. The molecule has 0 saturated heterocycles. The zero-order valence-electron chi connectivity index (χ0n) is 25.3. The standard InChI is InChI=1S/C34H34BrN3O5S/c1-6-37(7-2)33(40)30-21(3)36-34-38(31(30)25-19-24(41-4)14-16-27(25)42-5)32(39)29(44-34)18-23-13-15-28(26(35)17-23)43-20-22-11-9-8-10-12-22/h8-19,31H,6-7,20H2,1-5H3/b29-18+/t31-/m0/s1. The Morgan fingerprint density at radius 1 is 1.02 bits per heavy atom. The smallest absolute Gasteiger partial charge is 0.271 e.